The topological polar surface area (TPSA) is 26.0 Å². The molecule has 0 amide bonds. The third kappa shape index (κ3) is 5.18. The Morgan fingerprint density at radius 1 is 0.365 bits per heavy atom. The molecule has 1 nitrogen and oxygen atoms in total. The van der Waals surface area contributed by atoms with Gasteiger partial charge in [0.25, 0.3) is 0 Å². The largest absolute Gasteiger partial charge is 0.405 e. The lowest BCUT2D eigenvalue weighted by atomic mass is 9.83. The second-order valence-electron chi connectivity index (χ2n) is 13.3. The molecule has 0 aliphatic rings. The van der Waals surface area contributed by atoms with Crippen LogP contribution in [-0.4, -0.2) is 0 Å². The van der Waals surface area contributed by atoms with E-state index in [0.29, 0.717) is 0 Å². The van der Waals surface area contributed by atoms with E-state index in [1.165, 1.54) is 93.2 Å². The van der Waals surface area contributed by atoms with E-state index in [1.807, 2.05) is 6.08 Å². The number of rotatable bonds is 6. The number of hydrogen-bond donors (Lipinski definition) is 1. The molecule has 9 aromatic rings. The molecule has 0 fully saturated rings. The van der Waals surface area contributed by atoms with Gasteiger partial charge in [-0.2, -0.15) is 0 Å². The number of allylic oxidation sites excluding steroid dienone is 3. The van der Waals surface area contributed by atoms with Crippen molar-refractivity contribution < 1.29 is 0 Å². The molecule has 52 heavy (non-hydrogen) atoms. The summed E-state index contributed by atoms with van der Waals surface area (Å²) in [5, 5.41) is 9.89. The number of hydrogen-bond acceptors (Lipinski definition) is 1. The molecule has 9 aromatic carbocycles. The molecule has 246 valence electrons. The van der Waals surface area contributed by atoms with E-state index in [0.717, 1.165) is 5.57 Å². The zero-order valence-corrected chi connectivity index (χ0v) is 29.1. The summed E-state index contributed by atoms with van der Waals surface area (Å²) in [6.45, 7) is 2.08. The molecular weight excluding hydrogens is 627 g/mol. The smallest absolute Gasteiger partial charge is 0.00262 e. The molecule has 9 rings (SSSR count). The van der Waals surface area contributed by atoms with E-state index >= 15 is 0 Å². The Bertz CT molecular complexity index is 2770. The van der Waals surface area contributed by atoms with E-state index in [9.17, 15) is 0 Å². The van der Waals surface area contributed by atoms with Crippen molar-refractivity contribution in [3.8, 4) is 44.5 Å². The van der Waals surface area contributed by atoms with Gasteiger partial charge in [-0.05, 0) is 124 Å². The minimum absolute atomic E-state index is 1.12. The predicted molar refractivity (Wildman–Crippen MR) is 225 cm³/mol. The van der Waals surface area contributed by atoms with Gasteiger partial charge in [-0.25, -0.2) is 0 Å². The second-order valence-corrected chi connectivity index (χ2v) is 13.3. The molecule has 0 saturated heterocycles. The second kappa shape index (κ2) is 13.2. The van der Waals surface area contributed by atoms with Gasteiger partial charge in [-0.15, -0.1) is 0 Å². The van der Waals surface area contributed by atoms with Crippen LogP contribution in [0.15, 0.2) is 194 Å². The van der Waals surface area contributed by atoms with E-state index < -0.39 is 0 Å². The maximum Gasteiger partial charge on any atom is -0.00262 e. The molecule has 1 heteroatoms. The standard InChI is InChI=1S/C51H37N/c1-2-34(31-32-52)48-40-19-9-11-21-42(40)49(43-22-12-10-20-41(43)48)37-25-27-38(28-26-37)50-44-23-13-14-24-45(44)51(36-17-7-4-8-18-36)47-33-39(29-30-46(47)50)35-15-5-3-6-16-35/h2-33H,52H2,1H3/b32-31-,34-2+. The monoisotopic (exact) mass is 663 g/mol. The van der Waals surface area contributed by atoms with E-state index in [-0.39, 0.29) is 0 Å². The summed E-state index contributed by atoms with van der Waals surface area (Å²) in [4.78, 5) is 0. The Labute approximate surface area is 304 Å². The van der Waals surface area contributed by atoms with Crippen molar-refractivity contribution in [2.75, 3.05) is 0 Å². The van der Waals surface area contributed by atoms with Gasteiger partial charge in [0.05, 0.1) is 0 Å². The summed E-state index contributed by atoms with van der Waals surface area (Å²) < 4.78 is 0. The summed E-state index contributed by atoms with van der Waals surface area (Å²) >= 11 is 0. The highest BCUT2D eigenvalue weighted by atomic mass is 14.5. The van der Waals surface area contributed by atoms with Crippen molar-refractivity contribution in [3.63, 3.8) is 0 Å². The van der Waals surface area contributed by atoms with Crippen molar-refractivity contribution in [1.82, 2.24) is 0 Å². The fourth-order valence-electron chi connectivity index (χ4n) is 8.20. The molecule has 0 aliphatic carbocycles. The van der Waals surface area contributed by atoms with Gasteiger partial charge in [-0.3, -0.25) is 0 Å². The van der Waals surface area contributed by atoms with Crippen LogP contribution in [0.3, 0.4) is 0 Å². The fraction of sp³-hybridized carbons (Fsp3) is 0.0196. The van der Waals surface area contributed by atoms with Gasteiger partial charge in [-0.1, -0.05) is 176 Å². The predicted octanol–water partition coefficient (Wildman–Crippen LogP) is 13.8. The molecular formula is C51H37N. The first-order valence-electron chi connectivity index (χ1n) is 17.9. The van der Waals surface area contributed by atoms with Crippen LogP contribution in [-0.2, 0) is 0 Å². The maximum atomic E-state index is 5.93. The van der Waals surface area contributed by atoms with Crippen LogP contribution in [0.25, 0.3) is 93.2 Å². The lowest BCUT2D eigenvalue weighted by Gasteiger charge is -2.20. The van der Waals surface area contributed by atoms with E-state index in [2.05, 4.69) is 189 Å². The third-order valence-electron chi connectivity index (χ3n) is 10.5. The summed E-state index contributed by atoms with van der Waals surface area (Å²) in [5.74, 6) is 0. The lowest BCUT2D eigenvalue weighted by Crippen LogP contribution is -1.94. The van der Waals surface area contributed by atoms with Crippen LogP contribution < -0.4 is 5.73 Å². The highest BCUT2D eigenvalue weighted by Gasteiger charge is 2.19. The van der Waals surface area contributed by atoms with Crippen LogP contribution in [0, 0.1) is 0 Å². The van der Waals surface area contributed by atoms with Crippen LogP contribution in [0.1, 0.15) is 12.5 Å². The van der Waals surface area contributed by atoms with E-state index in [1.54, 1.807) is 6.20 Å². The maximum absolute atomic E-state index is 5.93. The van der Waals surface area contributed by atoms with Gasteiger partial charge in [0, 0.05) is 0 Å². The Hall–Kier alpha value is -6.70. The molecule has 0 heterocycles. The van der Waals surface area contributed by atoms with Gasteiger partial charge < -0.3 is 5.73 Å². The summed E-state index contributed by atoms with van der Waals surface area (Å²) in [7, 11) is 0. The van der Waals surface area contributed by atoms with Crippen molar-refractivity contribution in [2.45, 2.75) is 6.92 Å². The number of benzene rings is 9. The lowest BCUT2D eigenvalue weighted by molar-refractivity contribution is 1.58. The van der Waals surface area contributed by atoms with Gasteiger partial charge in [0.15, 0.2) is 0 Å². The first-order valence-corrected chi connectivity index (χ1v) is 17.9. The van der Waals surface area contributed by atoms with Crippen molar-refractivity contribution in [1.29, 1.82) is 0 Å². The molecule has 0 saturated carbocycles. The molecule has 0 spiro atoms. The Morgan fingerprint density at radius 3 is 1.21 bits per heavy atom. The Kier molecular flexibility index (Phi) is 7.95. The first-order chi connectivity index (χ1) is 25.7. The van der Waals surface area contributed by atoms with Crippen molar-refractivity contribution in [2.24, 2.45) is 5.73 Å². The minimum Gasteiger partial charge on any atom is -0.405 e. The highest BCUT2D eigenvalue weighted by Crippen LogP contribution is 2.46. The van der Waals surface area contributed by atoms with Crippen LogP contribution in [0.2, 0.25) is 0 Å². The summed E-state index contributed by atoms with van der Waals surface area (Å²) in [6.07, 6.45) is 5.78. The first kappa shape index (κ1) is 31.3. The van der Waals surface area contributed by atoms with E-state index in [4.69, 9.17) is 5.73 Å². The molecule has 0 radical (unpaired) electrons. The number of fused-ring (bicyclic) bond motifs is 4. The van der Waals surface area contributed by atoms with Gasteiger partial charge >= 0.3 is 0 Å². The molecule has 0 bridgehead atoms. The number of nitrogens with two attached hydrogens (primary N) is 1. The molecule has 2 N–H and O–H groups in total. The van der Waals surface area contributed by atoms with Gasteiger partial charge in [0.2, 0.25) is 0 Å². The summed E-state index contributed by atoms with van der Waals surface area (Å²) in [5.41, 5.74) is 18.1. The van der Waals surface area contributed by atoms with Crippen LogP contribution in [0.4, 0.5) is 0 Å². The third-order valence-corrected chi connectivity index (χ3v) is 10.5. The molecule has 0 aromatic heterocycles. The fourth-order valence-corrected chi connectivity index (χ4v) is 8.20. The average Bonchev–Trinajstić information content (AvgIpc) is 3.21. The Morgan fingerprint density at radius 2 is 0.731 bits per heavy atom. The molecule has 0 atom stereocenters. The van der Waals surface area contributed by atoms with Crippen molar-refractivity contribution in [3.05, 3.63) is 200 Å². The molecule has 0 unspecified atom stereocenters. The SMILES string of the molecule is C/C=C(\C=C/N)c1c2ccccc2c(-c2ccc(-c3c4ccccc4c(-c4ccccc4)c4cc(-c5ccccc5)ccc34)cc2)c2ccccc12. The van der Waals surface area contributed by atoms with Crippen LogP contribution >= 0.6 is 0 Å². The van der Waals surface area contributed by atoms with Crippen LogP contribution in [0.5, 0.6) is 0 Å². The zero-order chi connectivity index (χ0) is 35.0. The molecule has 0 aliphatic heterocycles. The summed E-state index contributed by atoms with van der Waals surface area (Å²) in [6, 6.07) is 64.2. The quantitative estimate of drug-likeness (QED) is 0.139. The normalized spacial score (nSPS) is 12.1. The zero-order valence-electron chi connectivity index (χ0n) is 29.1. The highest BCUT2D eigenvalue weighted by molar-refractivity contribution is 6.23. The Balaban J connectivity index is 1.29. The van der Waals surface area contributed by atoms with Crippen molar-refractivity contribution >= 4 is 48.7 Å². The minimum atomic E-state index is 1.12. The average molecular weight is 664 g/mol. The van der Waals surface area contributed by atoms with Gasteiger partial charge in [0.1, 0.15) is 0 Å².